The summed E-state index contributed by atoms with van der Waals surface area (Å²) in [6, 6.07) is 6.83. The number of nitrogens with one attached hydrogen (secondary N) is 1. The Balaban J connectivity index is 2.20. The summed E-state index contributed by atoms with van der Waals surface area (Å²) < 4.78 is 0. The topological polar surface area (TPSA) is 15.3 Å². The van der Waals surface area contributed by atoms with Gasteiger partial charge in [0.15, 0.2) is 0 Å². The van der Waals surface area contributed by atoms with E-state index in [4.69, 9.17) is 11.6 Å². The second-order valence-electron chi connectivity index (χ2n) is 5.80. The van der Waals surface area contributed by atoms with Crippen molar-refractivity contribution < 1.29 is 0 Å². The molecule has 2 nitrogen and oxygen atoms in total. The van der Waals surface area contributed by atoms with E-state index in [0.717, 1.165) is 17.5 Å². The third kappa shape index (κ3) is 3.43. The molecule has 3 heteroatoms. The fourth-order valence-electron chi connectivity index (χ4n) is 3.10. The van der Waals surface area contributed by atoms with Crippen LogP contribution in [0.4, 0.5) is 5.69 Å². The van der Waals surface area contributed by atoms with Gasteiger partial charge in [-0.3, -0.25) is 0 Å². The average molecular weight is 281 g/mol. The highest BCUT2D eigenvalue weighted by Crippen LogP contribution is 2.35. The minimum Gasteiger partial charge on any atom is -0.370 e. The summed E-state index contributed by atoms with van der Waals surface area (Å²) in [5.41, 5.74) is 2.49. The van der Waals surface area contributed by atoms with Gasteiger partial charge in [-0.15, -0.1) is 0 Å². The van der Waals surface area contributed by atoms with Crippen LogP contribution in [0.3, 0.4) is 0 Å². The molecule has 1 aromatic rings. The maximum Gasteiger partial charge on any atom is 0.0642 e. The molecule has 1 aliphatic carbocycles. The van der Waals surface area contributed by atoms with Gasteiger partial charge < -0.3 is 10.2 Å². The zero-order valence-electron chi connectivity index (χ0n) is 12.2. The summed E-state index contributed by atoms with van der Waals surface area (Å²) in [5, 5.41) is 4.10. The lowest BCUT2D eigenvalue weighted by molar-refractivity contribution is 0.340. The number of hydrogen-bond donors (Lipinski definition) is 1. The third-order valence-corrected chi connectivity index (χ3v) is 4.63. The van der Waals surface area contributed by atoms with Gasteiger partial charge in [-0.05, 0) is 50.3 Å². The van der Waals surface area contributed by atoms with E-state index in [0.29, 0.717) is 6.04 Å². The van der Waals surface area contributed by atoms with Gasteiger partial charge in [0, 0.05) is 19.6 Å². The molecule has 0 atom stereocenters. The van der Waals surface area contributed by atoms with Gasteiger partial charge >= 0.3 is 0 Å². The number of anilines is 1. The van der Waals surface area contributed by atoms with Crippen LogP contribution < -0.4 is 10.2 Å². The van der Waals surface area contributed by atoms with Crippen LogP contribution in [-0.2, 0) is 6.54 Å². The van der Waals surface area contributed by atoms with Gasteiger partial charge in [-0.25, -0.2) is 0 Å². The number of halogens is 1. The first-order valence-electron chi connectivity index (χ1n) is 7.28. The second kappa shape index (κ2) is 6.62. The molecule has 1 saturated carbocycles. The molecule has 1 aromatic carbocycles. The monoisotopic (exact) mass is 280 g/mol. The zero-order chi connectivity index (χ0) is 13.8. The van der Waals surface area contributed by atoms with Crippen LogP contribution in [0.25, 0.3) is 0 Å². The molecule has 1 fully saturated rings. The van der Waals surface area contributed by atoms with E-state index in [1.165, 1.54) is 36.9 Å². The molecule has 2 rings (SSSR count). The maximum absolute atomic E-state index is 6.44. The fraction of sp³-hybridized carbons (Fsp3) is 0.625. The Morgan fingerprint density at radius 3 is 2.58 bits per heavy atom. The highest BCUT2D eigenvalue weighted by atomic mass is 35.5. The normalized spacial score (nSPS) is 23.4. The van der Waals surface area contributed by atoms with Crippen LogP contribution in [0, 0.1) is 5.92 Å². The molecule has 1 aliphatic rings. The van der Waals surface area contributed by atoms with Crippen LogP contribution in [0.2, 0.25) is 5.02 Å². The first-order valence-corrected chi connectivity index (χ1v) is 7.66. The fourth-order valence-corrected chi connectivity index (χ4v) is 3.43. The van der Waals surface area contributed by atoms with Crippen LogP contribution in [0.1, 0.15) is 38.2 Å². The molecule has 1 N–H and O–H groups in total. The molecule has 0 aliphatic heterocycles. The molecule has 0 bridgehead atoms. The molecule has 0 heterocycles. The van der Waals surface area contributed by atoms with Crippen molar-refractivity contribution in [3.63, 3.8) is 0 Å². The Morgan fingerprint density at radius 1 is 1.26 bits per heavy atom. The van der Waals surface area contributed by atoms with Gasteiger partial charge in [0.2, 0.25) is 0 Å². The summed E-state index contributed by atoms with van der Waals surface area (Å²) in [7, 11) is 4.17. The third-order valence-electron chi connectivity index (χ3n) is 4.32. The summed E-state index contributed by atoms with van der Waals surface area (Å²) >= 11 is 6.44. The Morgan fingerprint density at radius 2 is 1.95 bits per heavy atom. The van der Waals surface area contributed by atoms with E-state index in [1.807, 2.05) is 19.2 Å². The summed E-state index contributed by atoms with van der Waals surface area (Å²) in [4.78, 5) is 2.40. The molecule has 0 radical (unpaired) electrons. The number of para-hydroxylation sites is 1. The van der Waals surface area contributed by atoms with E-state index in [9.17, 15) is 0 Å². The van der Waals surface area contributed by atoms with Crippen LogP contribution >= 0.6 is 11.6 Å². The molecular weight excluding hydrogens is 256 g/mol. The van der Waals surface area contributed by atoms with E-state index in [2.05, 4.69) is 30.3 Å². The molecular formula is C16H25ClN2. The smallest absolute Gasteiger partial charge is 0.0642 e. The predicted molar refractivity (Wildman–Crippen MR) is 84.0 cm³/mol. The van der Waals surface area contributed by atoms with Crippen molar-refractivity contribution >= 4 is 17.3 Å². The van der Waals surface area contributed by atoms with Crippen molar-refractivity contribution in [3.05, 3.63) is 28.8 Å². The second-order valence-corrected chi connectivity index (χ2v) is 6.21. The van der Waals surface area contributed by atoms with Crippen molar-refractivity contribution in [3.8, 4) is 0 Å². The van der Waals surface area contributed by atoms with Gasteiger partial charge in [0.05, 0.1) is 10.7 Å². The number of rotatable bonds is 4. The van der Waals surface area contributed by atoms with Crippen LogP contribution in [-0.4, -0.2) is 20.1 Å². The SMILES string of the molecule is CNCc1cccc(Cl)c1N(C)C1CCC(C)CC1. The van der Waals surface area contributed by atoms with E-state index < -0.39 is 0 Å². The standard InChI is InChI=1S/C16H25ClN2/c1-12-7-9-14(10-8-12)19(3)16-13(11-18-2)5-4-6-15(16)17/h4-6,12,14,18H,7-11H2,1-3H3. The Labute approximate surface area is 122 Å². The summed E-state index contributed by atoms with van der Waals surface area (Å²) in [6.45, 7) is 3.22. The lowest BCUT2D eigenvalue weighted by atomic mass is 9.86. The van der Waals surface area contributed by atoms with Crippen molar-refractivity contribution in [2.75, 3.05) is 19.0 Å². The number of hydrogen-bond acceptors (Lipinski definition) is 2. The molecule has 0 amide bonds. The van der Waals surface area contributed by atoms with Crippen molar-refractivity contribution in [1.29, 1.82) is 0 Å². The highest BCUT2D eigenvalue weighted by molar-refractivity contribution is 6.33. The Hall–Kier alpha value is -0.730. The number of benzene rings is 1. The number of nitrogens with zero attached hydrogens (tertiary/aromatic N) is 1. The molecule has 0 spiro atoms. The molecule has 106 valence electrons. The van der Waals surface area contributed by atoms with Gasteiger partial charge in [0.25, 0.3) is 0 Å². The largest absolute Gasteiger partial charge is 0.370 e. The van der Waals surface area contributed by atoms with E-state index in [-0.39, 0.29) is 0 Å². The minimum atomic E-state index is 0.631. The van der Waals surface area contributed by atoms with Gasteiger partial charge in [-0.2, -0.15) is 0 Å². The molecule has 0 unspecified atom stereocenters. The lowest BCUT2D eigenvalue weighted by Gasteiger charge is -2.36. The molecule has 0 aromatic heterocycles. The quantitative estimate of drug-likeness (QED) is 0.894. The van der Waals surface area contributed by atoms with Gasteiger partial charge in [0.1, 0.15) is 0 Å². The van der Waals surface area contributed by atoms with Crippen molar-refractivity contribution in [2.24, 2.45) is 5.92 Å². The summed E-state index contributed by atoms with van der Waals surface area (Å²) in [6.07, 6.45) is 5.23. The highest BCUT2D eigenvalue weighted by Gasteiger charge is 2.24. The van der Waals surface area contributed by atoms with Crippen molar-refractivity contribution in [2.45, 2.75) is 45.2 Å². The van der Waals surface area contributed by atoms with Gasteiger partial charge in [-0.1, -0.05) is 30.7 Å². The Kier molecular flexibility index (Phi) is 5.12. The van der Waals surface area contributed by atoms with E-state index >= 15 is 0 Å². The average Bonchev–Trinajstić information content (AvgIpc) is 2.39. The first kappa shape index (κ1) is 14.7. The van der Waals surface area contributed by atoms with E-state index in [1.54, 1.807) is 0 Å². The predicted octanol–water partition coefficient (Wildman–Crippen LogP) is 4.07. The molecule has 0 saturated heterocycles. The minimum absolute atomic E-state index is 0.631. The summed E-state index contributed by atoms with van der Waals surface area (Å²) in [5.74, 6) is 0.882. The lowest BCUT2D eigenvalue weighted by Crippen LogP contribution is -2.35. The molecule has 19 heavy (non-hydrogen) atoms. The van der Waals surface area contributed by atoms with Crippen molar-refractivity contribution in [1.82, 2.24) is 5.32 Å². The van der Waals surface area contributed by atoms with Crippen LogP contribution in [0.15, 0.2) is 18.2 Å². The zero-order valence-corrected chi connectivity index (χ0v) is 13.0. The Bertz CT molecular complexity index is 411. The first-order chi connectivity index (χ1) is 9.13. The van der Waals surface area contributed by atoms with Crippen LogP contribution in [0.5, 0.6) is 0 Å². The maximum atomic E-state index is 6.44.